The van der Waals surface area contributed by atoms with Crippen LogP contribution in [-0.2, 0) is 0 Å². The van der Waals surface area contributed by atoms with Crippen LogP contribution in [0.5, 0.6) is 0 Å². The zero-order chi connectivity index (χ0) is 11.4. The van der Waals surface area contributed by atoms with Gasteiger partial charge < -0.3 is 5.21 Å². The van der Waals surface area contributed by atoms with Gasteiger partial charge in [-0.15, -0.1) is 0 Å². The van der Waals surface area contributed by atoms with E-state index in [0.717, 1.165) is 10.3 Å². The lowest BCUT2D eigenvalue weighted by molar-refractivity contribution is -0.354. The van der Waals surface area contributed by atoms with E-state index in [1.165, 1.54) is 30.5 Å². The van der Waals surface area contributed by atoms with Crippen molar-refractivity contribution in [1.82, 2.24) is 0 Å². The summed E-state index contributed by atoms with van der Waals surface area (Å²) in [7, 11) is 0. The molecule has 0 aromatic heterocycles. The molecule has 80 valence electrons. The highest BCUT2D eigenvalue weighted by molar-refractivity contribution is 5.76. The highest BCUT2D eigenvalue weighted by Gasteiger charge is 2.01. The molecule has 0 aliphatic carbocycles. The second-order valence-electron chi connectivity index (χ2n) is 3.34. The summed E-state index contributed by atoms with van der Waals surface area (Å²) >= 11 is 0. The van der Waals surface area contributed by atoms with Gasteiger partial charge >= 0.3 is 0 Å². The van der Waals surface area contributed by atoms with Crippen LogP contribution >= 0.6 is 0 Å². The van der Waals surface area contributed by atoms with Crippen LogP contribution in [0.15, 0.2) is 54.6 Å². The van der Waals surface area contributed by atoms with Gasteiger partial charge in [0.25, 0.3) is 0 Å². The van der Waals surface area contributed by atoms with Crippen molar-refractivity contribution < 1.29 is 9.13 Å². The molecule has 0 radical (unpaired) electrons. The molecule has 0 saturated heterocycles. The van der Waals surface area contributed by atoms with Gasteiger partial charge in [0.05, 0.1) is 0 Å². The Balaban J connectivity index is 2.28. The quantitative estimate of drug-likeness (QED) is 0.327. The minimum absolute atomic E-state index is 0.350. The number of benzene rings is 2. The molecule has 2 rings (SSSR count). The summed E-state index contributed by atoms with van der Waals surface area (Å²) in [6.07, 6.45) is 1.45. The summed E-state index contributed by atoms with van der Waals surface area (Å²) in [6.45, 7) is 0. The fourth-order valence-electron chi connectivity index (χ4n) is 1.34. The fraction of sp³-hybridized carbons (Fsp3) is 0. The molecule has 16 heavy (non-hydrogen) atoms. The highest BCUT2D eigenvalue weighted by Crippen LogP contribution is 2.11. The molecule has 0 N–H and O–H groups in total. The third-order valence-electron chi connectivity index (χ3n) is 2.15. The van der Waals surface area contributed by atoms with E-state index in [9.17, 15) is 9.60 Å². The van der Waals surface area contributed by atoms with Gasteiger partial charge in [0.15, 0.2) is 6.21 Å². The van der Waals surface area contributed by atoms with Crippen LogP contribution in [0.4, 0.5) is 10.1 Å². The van der Waals surface area contributed by atoms with Crippen molar-refractivity contribution in [3.8, 4) is 0 Å². The van der Waals surface area contributed by atoms with Crippen molar-refractivity contribution >= 4 is 11.9 Å². The van der Waals surface area contributed by atoms with Crippen molar-refractivity contribution in [3.63, 3.8) is 0 Å². The van der Waals surface area contributed by atoms with Crippen LogP contribution in [-0.4, -0.2) is 11.0 Å². The van der Waals surface area contributed by atoms with E-state index >= 15 is 0 Å². The number of rotatable bonds is 2. The van der Waals surface area contributed by atoms with Crippen LogP contribution in [0.1, 0.15) is 5.56 Å². The molecule has 0 spiro atoms. The highest BCUT2D eigenvalue weighted by atomic mass is 19.1. The van der Waals surface area contributed by atoms with E-state index < -0.39 is 0 Å². The number of nitrogens with zero attached hydrogens (tertiary/aromatic N) is 1. The standard InChI is InChI=1S/C13H10FNO/c14-12-6-8-13(9-7-12)15(16)10-11-4-2-1-3-5-11/h1-10H/b15-10-. The minimum Gasteiger partial charge on any atom is -0.618 e. The van der Waals surface area contributed by atoms with Gasteiger partial charge in [0, 0.05) is 17.7 Å². The van der Waals surface area contributed by atoms with Crippen molar-refractivity contribution in [3.05, 3.63) is 71.2 Å². The first kappa shape index (κ1) is 10.4. The summed E-state index contributed by atoms with van der Waals surface area (Å²) in [5, 5.41) is 11.7. The van der Waals surface area contributed by atoms with Gasteiger partial charge in [-0.3, -0.25) is 0 Å². The van der Waals surface area contributed by atoms with Crippen LogP contribution in [0, 0.1) is 11.0 Å². The number of halogens is 1. The summed E-state index contributed by atoms with van der Waals surface area (Å²) in [4.78, 5) is 0. The second-order valence-corrected chi connectivity index (χ2v) is 3.34. The average molecular weight is 215 g/mol. The fourth-order valence-corrected chi connectivity index (χ4v) is 1.34. The lowest BCUT2D eigenvalue weighted by Crippen LogP contribution is -1.98. The first-order valence-corrected chi connectivity index (χ1v) is 4.87. The van der Waals surface area contributed by atoms with Crippen LogP contribution in [0.25, 0.3) is 0 Å². The first-order chi connectivity index (χ1) is 7.75. The predicted octanol–water partition coefficient (Wildman–Crippen LogP) is 3.09. The van der Waals surface area contributed by atoms with Gasteiger partial charge in [0.2, 0.25) is 5.69 Å². The van der Waals surface area contributed by atoms with Crippen LogP contribution in [0.2, 0.25) is 0 Å². The lowest BCUT2D eigenvalue weighted by Gasteiger charge is -2.02. The molecule has 0 atom stereocenters. The lowest BCUT2D eigenvalue weighted by atomic mass is 10.2. The number of hydrogen-bond acceptors (Lipinski definition) is 1. The SMILES string of the molecule is [O-]/[N+](=C\c1ccccc1)c1ccc(F)cc1. The van der Waals surface area contributed by atoms with E-state index in [1.54, 1.807) is 0 Å². The van der Waals surface area contributed by atoms with E-state index in [-0.39, 0.29) is 5.82 Å². The van der Waals surface area contributed by atoms with Gasteiger partial charge in [-0.25, -0.2) is 4.39 Å². The molecule has 2 aromatic rings. The second kappa shape index (κ2) is 4.57. The third kappa shape index (κ3) is 2.45. The van der Waals surface area contributed by atoms with E-state index in [2.05, 4.69) is 0 Å². The van der Waals surface area contributed by atoms with E-state index in [0.29, 0.717) is 5.69 Å². The van der Waals surface area contributed by atoms with Crippen LogP contribution in [0.3, 0.4) is 0 Å². The van der Waals surface area contributed by atoms with E-state index in [1.807, 2.05) is 30.3 Å². The first-order valence-electron chi connectivity index (χ1n) is 4.87. The molecule has 2 aromatic carbocycles. The Hall–Kier alpha value is -2.16. The molecular formula is C13H10FNO. The largest absolute Gasteiger partial charge is 0.618 e. The Morgan fingerprint density at radius 2 is 1.56 bits per heavy atom. The topological polar surface area (TPSA) is 26.1 Å². The molecule has 0 amide bonds. The van der Waals surface area contributed by atoms with Crippen molar-refractivity contribution in [1.29, 1.82) is 0 Å². The Bertz CT molecular complexity index is 491. The van der Waals surface area contributed by atoms with Crippen molar-refractivity contribution in [2.24, 2.45) is 0 Å². The Morgan fingerprint density at radius 3 is 2.19 bits per heavy atom. The summed E-state index contributed by atoms with van der Waals surface area (Å²) < 4.78 is 13.4. The van der Waals surface area contributed by atoms with Gasteiger partial charge in [-0.05, 0) is 24.3 Å². The summed E-state index contributed by atoms with van der Waals surface area (Å²) in [5.74, 6) is -0.350. The molecule has 0 bridgehead atoms. The molecule has 0 heterocycles. The molecule has 3 heteroatoms. The Kier molecular flexibility index (Phi) is 2.96. The number of hydrogen-bond donors (Lipinski definition) is 0. The molecule has 0 saturated carbocycles. The molecule has 2 nitrogen and oxygen atoms in total. The zero-order valence-corrected chi connectivity index (χ0v) is 8.51. The predicted molar refractivity (Wildman–Crippen MR) is 61.3 cm³/mol. The maximum absolute atomic E-state index is 12.6. The summed E-state index contributed by atoms with van der Waals surface area (Å²) in [6, 6.07) is 14.7. The van der Waals surface area contributed by atoms with Gasteiger partial charge in [-0.2, -0.15) is 4.74 Å². The maximum atomic E-state index is 12.6. The minimum atomic E-state index is -0.350. The normalized spacial score (nSPS) is 11.4. The van der Waals surface area contributed by atoms with E-state index in [4.69, 9.17) is 0 Å². The molecule has 0 unspecified atom stereocenters. The molecule has 0 aliphatic heterocycles. The third-order valence-corrected chi connectivity index (χ3v) is 2.15. The Morgan fingerprint density at radius 1 is 0.938 bits per heavy atom. The van der Waals surface area contributed by atoms with Crippen molar-refractivity contribution in [2.75, 3.05) is 0 Å². The molecular weight excluding hydrogens is 205 g/mol. The van der Waals surface area contributed by atoms with Gasteiger partial charge in [-0.1, -0.05) is 18.2 Å². The maximum Gasteiger partial charge on any atom is 0.216 e. The van der Waals surface area contributed by atoms with Crippen molar-refractivity contribution in [2.45, 2.75) is 0 Å². The smallest absolute Gasteiger partial charge is 0.216 e. The Labute approximate surface area is 92.9 Å². The average Bonchev–Trinajstić information content (AvgIpc) is 2.31. The zero-order valence-electron chi connectivity index (χ0n) is 8.51. The summed E-state index contributed by atoms with van der Waals surface area (Å²) in [5.41, 5.74) is 1.21. The molecule has 0 aliphatic rings. The van der Waals surface area contributed by atoms with Gasteiger partial charge in [0.1, 0.15) is 5.82 Å². The van der Waals surface area contributed by atoms with Crippen LogP contribution < -0.4 is 0 Å². The molecule has 0 fully saturated rings. The monoisotopic (exact) mass is 215 g/mol.